The molecular formula is C13H15FN2S. The summed E-state index contributed by atoms with van der Waals surface area (Å²) in [5.41, 5.74) is 6.98. The van der Waals surface area contributed by atoms with Crippen LogP contribution < -0.4 is 11.1 Å². The van der Waals surface area contributed by atoms with E-state index in [1.165, 1.54) is 17.0 Å². The van der Waals surface area contributed by atoms with Gasteiger partial charge in [0.1, 0.15) is 5.82 Å². The molecule has 1 aromatic carbocycles. The van der Waals surface area contributed by atoms with Crippen molar-refractivity contribution < 1.29 is 4.39 Å². The predicted molar refractivity (Wildman–Crippen MR) is 71.9 cm³/mol. The SMILES string of the molecule is CC(Cc1cccs1)Nc1ccc(F)cc1N. The Morgan fingerprint density at radius 2 is 2.24 bits per heavy atom. The van der Waals surface area contributed by atoms with E-state index in [1.54, 1.807) is 17.4 Å². The second-order valence-electron chi connectivity index (χ2n) is 4.06. The van der Waals surface area contributed by atoms with Crippen LogP contribution in [0.4, 0.5) is 15.8 Å². The monoisotopic (exact) mass is 250 g/mol. The number of benzene rings is 1. The van der Waals surface area contributed by atoms with Gasteiger partial charge in [-0.15, -0.1) is 11.3 Å². The van der Waals surface area contributed by atoms with E-state index in [4.69, 9.17) is 5.73 Å². The van der Waals surface area contributed by atoms with Crippen molar-refractivity contribution in [2.45, 2.75) is 19.4 Å². The van der Waals surface area contributed by atoms with E-state index in [9.17, 15) is 4.39 Å². The van der Waals surface area contributed by atoms with E-state index in [-0.39, 0.29) is 11.9 Å². The van der Waals surface area contributed by atoms with Gasteiger partial charge in [-0.25, -0.2) is 4.39 Å². The van der Waals surface area contributed by atoms with E-state index < -0.39 is 0 Å². The first-order valence-corrected chi connectivity index (χ1v) is 6.37. The van der Waals surface area contributed by atoms with Gasteiger partial charge in [-0.05, 0) is 36.6 Å². The van der Waals surface area contributed by atoms with Gasteiger partial charge in [-0.1, -0.05) is 6.07 Å². The summed E-state index contributed by atoms with van der Waals surface area (Å²) < 4.78 is 12.9. The van der Waals surface area contributed by atoms with E-state index in [0.717, 1.165) is 12.1 Å². The molecule has 0 amide bonds. The average molecular weight is 250 g/mol. The first kappa shape index (κ1) is 11.9. The molecular weight excluding hydrogens is 235 g/mol. The minimum absolute atomic E-state index is 0.265. The highest BCUT2D eigenvalue weighted by atomic mass is 32.1. The number of nitrogens with two attached hydrogens (primary N) is 1. The Hall–Kier alpha value is -1.55. The molecule has 3 N–H and O–H groups in total. The standard InChI is InChI=1S/C13H15FN2S/c1-9(7-11-3-2-6-17-11)16-13-5-4-10(14)8-12(13)15/h2-6,8-9,16H,7,15H2,1H3. The lowest BCUT2D eigenvalue weighted by atomic mass is 10.2. The number of nitrogens with one attached hydrogen (secondary N) is 1. The second kappa shape index (κ2) is 5.19. The van der Waals surface area contributed by atoms with Crippen molar-refractivity contribution in [1.82, 2.24) is 0 Å². The summed E-state index contributed by atoms with van der Waals surface area (Å²) in [4.78, 5) is 1.32. The quantitative estimate of drug-likeness (QED) is 0.815. The molecule has 1 atom stereocenters. The van der Waals surface area contributed by atoms with Gasteiger partial charge in [0.2, 0.25) is 0 Å². The Balaban J connectivity index is 2.00. The van der Waals surface area contributed by atoms with E-state index >= 15 is 0 Å². The van der Waals surface area contributed by atoms with Crippen LogP contribution in [-0.4, -0.2) is 6.04 Å². The van der Waals surface area contributed by atoms with Crippen molar-refractivity contribution in [2.75, 3.05) is 11.1 Å². The number of anilines is 2. The fraction of sp³-hybridized carbons (Fsp3) is 0.231. The van der Waals surface area contributed by atoms with Crippen molar-refractivity contribution in [3.8, 4) is 0 Å². The molecule has 1 heterocycles. The van der Waals surface area contributed by atoms with Gasteiger partial charge in [0, 0.05) is 17.3 Å². The molecule has 0 aliphatic carbocycles. The van der Waals surface area contributed by atoms with Gasteiger partial charge < -0.3 is 11.1 Å². The van der Waals surface area contributed by atoms with Crippen LogP contribution in [0.1, 0.15) is 11.8 Å². The van der Waals surface area contributed by atoms with Crippen LogP contribution in [0.2, 0.25) is 0 Å². The molecule has 0 aliphatic rings. The third-order valence-corrected chi connectivity index (χ3v) is 3.40. The summed E-state index contributed by atoms with van der Waals surface area (Å²) in [6, 6.07) is 8.84. The van der Waals surface area contributed by atoms with Gasteiger partial charge in [0.15, 0.2) is 0 Å². The number of rotatable bonds is 4. The molecule has 0 radical (unpaired) electrons. The summed E-state index contributed by atoms with van der Waals surface area (Å²) in [7, 11) is 0. The summed E-state index contributed by atoms with van der Waals surface area (Å²) in [6.07, 6.45) is 0.939. The predicted octanol–water partition coefficient (Wildman–Crippen LogP) is 3.51. The van der Waals surface area contributed by atoms with Gasteiger partial charge in [0.25, 0.3) is 0 Å². The molecule has 4 heteroatoms. The number of nitrogen functional groups attached to an aromatic ring is 1. The second-order valence-corrected chi connectivity index (χ2v) is 5.09. The highest BCUT2D eigenvalue weighted by Gasteiger charge is 2.07. The van der Waals surface area contributed by atoms with Gasteiger partial charge in [0.05, 0.1) is 11.4 Å². The number of thiophene rings is 1. The fourth-order valence-corrected chi connectivity index (χ4v) is 2.55. The Morgan fingerprint density at radius 3 is 2.88 bits per heavy atom. The molecule has 90 valence electrons. The summed E-state index contributed by atoms with van der Waals surface area (Å²) in [5, 5.41) is 5.35. The Bertz CT molecular complexity index is 482. The highest BCUT2D eigenvalue weighted by Crippen LogP contribution is 2.21. The normalized spacial score (nSPS) is 12.4. The van der Waals surface area contributed by atoms with Crippen molar-refractivity contribution in [2.24, 2.45) is 0 Å². The highest BCUT2D eigenvalue weighted by molar-refractivity contribution is 7.09. The lowest BCUT2D eigenvalue weighted by Gasteiger charge is -2.16. The Labute approximate surface area is 104 Å². The zero-order chi connectivity index (χ0) is 12.3. The topological polar surface area (TPSA) is 38.0 Å². The molecule has 1 aromatic heterocycles. The molecule has 17 heavy (non-hydrogen) atoms. The van der Waals surface area contributed by atoms with Crippen LogP contribution in [-0.2, 0) is 6.42 Å². The fourth-order valence-electron chi connectivity index (χ4n) is 1.71. The lowest BCUT2D eigenvalue weighted by molar-refractivity contribution is 0.628. The molecule has 2 aromatic rings. The van der Waals surface area contributed by atoms with Crippen LogP contribution in [0.3, 0.4) is 0 Å². The molecule has 1 unspecified atom stereocenters. The maximum Gasteiger partial charge on any atom is 0.125 e. The Morgan fingerprint density at radius 1 is 1.41 bits per heavy atom. The maximum absolute atomic E-state index is 12.9. The van der Waals surface area contributed by atoms with E-state index in [2.05, 4.69) is 23.7 Å². The van der Waals surface area contributed by atoms with E-state index in [0.29, 0.717) is 5.69 Å². The first-order chi connectivity index (χ1) is 8.15. The average Bonchev–Trinajstić information content (AvgIpc) is 2.75. The van der Waals surface area contributed by atoms with Crippen molar-refractivity contribution in [1.29, 1.82) is 0 Å². The summed E-state index contributed by atoms with van der Waals surface area (Å²) >= 11 is 1.74. The number of halogens is 1. The summed E-state index contributed by atoms with van der Waals surface area (Å²) in [5.74, 6) is -0.307. The largest absolute Gasteiger partial charge is 0.397 e. The number of hydrogen-bond donors (Lipinski definition) is 2. The Kier molecular flexibility index (Phi) is 3.64. The van der Waals surface area contributed by atoms with Crippen LogP contribution >= 0.6 is 11.3 Å². The third kappa shape index (κ3) is 3.20. The van der Waals surface area contributed by atoms with Crippen molar-refractivity contribution in [3.05, 3.63) is 46.4 Å². The van der Waals surface area contributed by atoms with Crippen LogP contribution in [0.25, 0.3) is 0 Å². The van der Waals surface area contributed by atoms with Crippen LogP contribution in [0.5, 0.6) is 0 Å². The van der Waals surface area contributed by atoms with Crippen molar-refractivity contribution in [3.63, 3.8) is 0 Å². The molecule has 0 aliphatic heterocycles. The molecule has 0 saturated carbocycles. The zero-order valence-electron chi connectivity index (χ0n) is 9.61. The van der Waals surface area contributed by atoms with Crippen LogP contribution in [0.15, 0.2) is 35.7 Å². The minimum Gasteiger partial charge on any atom is -0.397 e. The minimum atomic E-state index is -0.307. The van der Waals surface area contributed by atoms with Crippen LogP contribution in [0, 0.1) is 5.82 Å². The first-order valence-electron chi connectivity index (χ1n) is 5.49. The lowest BCUT2D eigenvalue weighted by Crippen LogP contribution is -2.18. The van der Waals surface area contributed by atoms with Crippen molar-refractivity contribution >= 4 is 22.7 Å². The molecule has 0 saturated heterocycles. The van der Waals surface area contributed by atoms with Gasteiger partial charge in [-0.3, -0.25) is 0 Å². The van der Waals surface area contributed by atoms with E-state index in [1.807, 2.05) is 6.07 Å². The number of hydrogen-bond acceptors (Lipinski definition) is 3. The molecule has 0 bridgehead atoms. The maximum atomic E-state index is 12.9. The van der Waals surface area contributed by atoms with Gasteiger partial charge in [-0.2, -0.15) is 0 Å². The summed E-state index contributed by atoms with van der Waals surface area (Å²) in [6.45, 7) is 2.09. The molecule has 2 rings (SSSR count). The molecule has 2 nitrogen and oxygen atoms in total. The zero-order valence-corrected chi connectivity index (χ0v) is 10.4. The molecule has 0 fully saturated rings. The van der Waals surface area contributed by atoms with Gasteiger partial charge >= 0.3 is 0 Å². The molecule has 0 spiro atoms. The third-order valence-electron chi connectivity index (χ3n) is 2.50. The smallest absolute Gasteiger partial charge is 0.125 e.